The normalized spacial score (nSPS) is 13.8. The third-order valence-corrected chi connectivity index (χ3v) is 21.9. The highest BCUT2D eigenvalue weighted by Crippen LogP contribution is 2.47. The van der Waals surface area contributed by atoms with Crippen LogP contribution in [0.25, 0.3) is 0 Å². The summed E-state index contributed by atoms with van der Waals surface area (Å²) in [6, 6.07) is 40.0. The van der Waals surface area contributed by atoms with Crippen molar-refractivity contribution < 1.29 is 55.9 Å². The lowest BCUT2D eigenvalue weighted by Crippen LogP contribution is -2.27. The maximum Gasteiger partial charge on any atom is 0.122 e. The van der Waals surface area contributed by atoms with Gasteiger partial charge in [-0.2, -0.15) is 0 Å². The molecule has 0 aliphatic heterocycles. The van der Waals surface area contributed by atoms with E-state index >= 15 is 0 Å². The SMILES string of the molecule is CC(C)(C)c1cc2c(O)c(c1)Cc1cc(C(C)(C)C)cc(c1O)Cc1cc(C(C)(C)C)cc(c1O)Cc1cc(C(C)(C)C)cc(c1O)Cc1cc(C(C)(C)C)cc(c1O)Cc1cc(C(C)(C)C)cc(c1O)Cc1cc(C(C)(C)C)cc(c1O)Cc1cc(C(C)(C)C)cc(c1O)C2.CC(C)(C)c1ccc(O)cc1.C[N+](C)(C)C.[OH-]. The summed E-state index contributed by atoms with van der Waals surface area (Å²) in [6.45, 7) is 57.9. The Bertz CT molecular complexity index is 3910. The van der Waals surface area contributed by atoms with Crippen molar-refractivity contribution in [3.8, 4) is 51.7 Å². The van der Waals surface area contributed by atoms with E-state index in [0.29, 0.717) is 94.8 Å². The first-order valence-corrected chi connectivity index (χ1v) is 40.3. The van der Waals surface area contributed by atoms with Crippen molar-refractivity contribution >= 4 is 0 Å². The standard InChI is InChI=1S/C88H112O8.C10H14O.C4H12N.H2O/c1-81(2,3)65-33-49-25-51-35-66(82(4,5)6)37-53(74(51)90)27-55-39-68(84(10,11)12)41-57(76(55)92)29-59-43-70(86(16,17)18)45-61(78(59)94)31-63-47-72(88(22,23)24)48-64(80(63)96)32-62-46-71(87(19,20)21)44-60(79(62)95)30-58-42-69(85(13,14)15)40-56(77(58)93)28-54-38-67(83(7,8)9)36-52(75(54)91)26-50(34-65)73(49)89;1-10(2,3)8-4-6-9(11)7-5-8;1-5(2,3)4;/h33-48,89-96H,25-32H2,1-24H3;4-7,11H,1-3H3;1-4H3;1H2/q;;+1;/p-1. The molecule has 9 aromatic carbocycles. The van der Waals surface area contributed by atoms with E-state index in [-0.39, 0.29) is 152 Å². The van der Waals surface area contributed by atoms with Crippen LogP contribution < -0.4 is 0 Å². The van der Waals surface area contributed by atoms with Crippen LogP contribution in [-0.4, -0.2) is 84.1 Å². The molecule has 10 N–H and O–H groups in total. The average molecular weight is 1540 g/mol. The first kappa shape index (κ1) is 91.3. The van der Waals surface area contributed by atoms with Crippen molar-refractivity contribution in [1.29, 1.82) is 0 Å². The monoisotopic (exact) mass is 1540 g/mol. The largest absolute Gasteiger partial charge is 0.870 e. The second kappa shape index (κ2) is 32.8. The predicted octanol–water partition coefficient (Wildman–Crippen LogP) is 23.6. The van der Waals surface area contributed by atoms with Crippen LogP contribution in [0, 0.1) is 0 Å². The molecule has 0 aromatic heterocycles. The Morgan fingerprint density at radius 2 is 0.265 bits per heavy atom. The molecule has 0 saturated heterocycles. The fourth-order valence-corrected chi connectivity index (χ4v) is 14.3. The zero-order valence-corrected chi connectivity index (χ0v) is 74.6. The van der Waals surface area contributed by atoms with Crippen molar-refractivity contribution in [2.75, 3.05) is 28.2 Å². The lowest BCUT2D eigenvalue weighted by molar-refractivity contribution is -0.849. The number of rotatable bonds is 0. The number of phenols is 9. The number of nitrogens with zero attached hydrogens (tertiary/aromatic N) is 1. The number of quaternary nitrogens is 1. The van der Waals surface area contributed by atoms with Crippen molar-refractivity contribution in [3.05, 3.63) is 260 Å². The highest BCUT2D eigenvalue weighted by atomic mass is 16.3. The number of hydrogen-bond donors (Lipinski definition) is 9. The van der Waals surface area contributed by atoms with E-state index in [0.717, 1.165) is 49.0 Å². The number of benzene rings is 9. The molecular weight excluding hydrogens is 1400 g/mol. The summed E-state index contributed by atoms with van der Waals surface area (Å²) >= 11 is 0. The minimum Gasteiger partial charge on any atom is -0.870 e. The molecule has 9 aromatic rings. The van der Waals surface area contributed by atoms with E-state index in [4.69, 9.17) is 5.11 Å². The van der Waals surface area contributed by atoms with Gasteiger partial charge in [-0.15, -0.1) is 0 Å². The van der Waals surface area contributed by atoms with Crippen molar-refractivity contribution in [1.82, 2.24) is 0 Å². The van der Waals surface area contributed by atoms with Gasteiger partial charge in [0.2, 0.25) is 0 Å². The van der Waals surface area contributed by atoms with E-state index in [2.05, 4.69) is 215 Å². The van der Waals surface area contributed by atoms with Gasteiger partial charge in [-0.3, -0.25) is 0 Å². The van der Waals surface area contributed by atoms with Gasteiger partial charge in [-0.05, 0) is 200 Å². The average Bonchev–Trinajstić information content (AvgIpc) is 0.774. The Balaban J connectivity index is 0.000000932. The maximum absolute atomic E-state index is 12.8. The molecule has 1 aliphatic rings. The highest BCUT2D eigenvalue weighted by molar-refractivity contribution is 5.62. The second-order valence-electron chi connectivity index (χ2n) is 43.0. The first-order chi connectivity index (χ1) is 50.9. The molecule has 11 heteroatoms. The van der Waals surface area contributed by atoms with Crippen molar-refractivity contribution in [2.45, 2.75) is 287 Å². The molecule has 612 valence electrons. The third-order valence-electron chi connectivity index (χ3n) is 21.9. The Morgan fingerprint density at radius 3 is 0.345 bits per heavy atom. The fraction of sp³-hybridized carbons (Fsp3) is 0.471. The topological polar surface area (TPSA) is 212 Å². The predicted molar refractivity (Wildman–Crippen MR) is 470 cm³/mol. The van der Waals surface area contributed by atoms with Crippen molar-refractivity contribution in [2.24, 2.45) is 0 Å². The Morgan fingerprint density at radius 1 is 0.177 bits per heavy atom. The summed E-state index contributed by atoms with van der Waals surface area (Å²) in [4.78, 5) is 0. The third kappa shape index (κ3) is 22.8. The molecule has 0 spiro atoms. The Labute approximate surface area is 679 Å². The first-order valence-electron chi connectivity index (χ1n) is 40.3. The number of aromatic hydroxyl groups is 9. The summed E-state index contributed by atoms with van der Waals surface area (Å²) in [5.74, 6) is 0.902. The molecule has 11 nitrogen and oxygen atoms in total. The van der Waals surface area contributed by atoms with Crippen LogP contribution in [0.15, 0.2) is 121 Å². The van der Waals surface area contributed by atoms with Gasteiger partial charge in [0.25, 0.3) is 0 Å². The number of phenolic OH excluding ortho intramolecular Hbond substituents is 9. The second-order valence-corrected chi connectivity index (χ2v) is 43.0. The molecule has 0 fully saturated rings. The van der Waals surface area contributed by atoms with Crippen LogP contribution in [0.5, 0.6) is 51.7 Å². The van der Waals surface area contributed by atoms with E-state index < -0.39 is 0 Å². The molecule has 113 heavy (non-hydrogen) atoms. The van der Waals surface area contributed by atoms with Gasteiger partial charge in [-0.25, -0.2) is 0 Å². The minimum absolute atomic E-state index is 0. The smallest absolute Gasteiger partial charge is 0.122 e. The molecule has 0 unspecified atom stereocenters. The van der Waals surface area contributed by atoms with Gasteiger partial charge >= 0.3 is 0 Å². The van der Waals surface area contributed by atoms with Crippen LogP contribution in [0.1, 0.15) is 326 Å². The minimum atomic E-state index is -0.363. The molecule has 0 atom stereocenters. The fourth-order valence-electron chi connectivity index (χ4n) is 14.3. The molecule has 0 heterocycles. The van der Waals surface area contributed by atoms with Gasteiger partial charge in [0.15, 0.2) is 0 Å². The zero-order chi connectivity index (χ0) is 84.4. The number of fused-ring (bicyclic) bond motifs is 16. The summed E-state index contributed by atoms with van der Waals surface area (Å²) in [5.41, 5.74) is 16.3. The highest BCUT2D eigenvalue weighted by Gasteiger charge is 2.32. The molecular formula is C102H139NO10. The lowest BCUT2D eigenvalue weighted by atomic mass is 9.79. The number of hydrogen-bond acceptors (Lipinski definition) is 10. The summed E-state index contributed by atoms with van der Waals surface area (Å²) in [6.07, 6.45) is 1.45. The van der Waals surface area contributed by atoms with Crippen LogP contribution in [0.2, 0.25) is 0 Å². The summed E-state index contributed by atoms with van der Waals surface area (Å²) < 4.78 is 1.00. The molecule has 1 aliphatic carbocycles. The van der Waals surface area contributed by atoms with Crippen LogP contribution >= 0.6 is 0 Å². The van der Waals surface area contributed by atoms with E-state index in [1.54, 1.807) is 12.1 Å². The van der Waals surface area contributed by atoms with E-state index in [1.165, 1.54) is 5.56 Å². The zero-order valence-electron chi connectivity index (χ0n) is 74.6. The maximum atomic E-state index is 12.8. The van der Waals surface area contributed by atoms with Gasteiger partial charge in [0.1, 0.15) is 51.7 Å². The van der Waals surface area contributed by atoms with Gasteiger partial charge in [-0.1, -0.05) is 296 Å². The quantitative estimate of drug-likeness (QED) is 0.0656. The summed E-state index contributed by atoms with van der Waals surface area (Å²) in [5, 5.41) is 111. The van der Waals surface area contributed by atoms with E-state index in [1.807, 2.05) is 109 Å². The van der Waals surface area contributed by atoms with Gasteiger partial charge < -0.3 is 55.9 Å². The molecule has 0 radical (unpaired) electrons. The molecule has 10 rings (SSSR count). The van der Waals surface area contributed by atoms with Crippen LogP contribution in [0.4, 0.5) is 0 Å². The Kier molecular flexibility index (Phi) is 26.5. The van der Waals surface area contributed by atoms with Crippen molar-refractivity contribution in [3.63, 3.8) is 0 Å². The van der Waals surface area contributed by atoms with Gasteiger partial charge in [0.05, 0.1) is 28.2 Å². The lowest BCUT2D eigenvalue weighted by Gasteiger charge is -2.27. The van der Waals surface area contributed by atoms with Crippen LogP contribution in [0.3, 0.4) is 0 Å². The van der Waals surface area contributed by atoms with E-state index in [9.17, 15) is 40.9 Å². The molecule has 0 amide bonds. The Hall–Kier alpha value is -8.90. The van der Waals surface area contributed by atoms with Crippen LogP contribution in [-0.2, 0) is 100 Å². The molecule has 0 saturated carbocycles. The summed E-state index contributed by atoms with van der Waals surface area (Å²) in [7, 11) is 8.50. The van der Waals surface area contributed by atoms with Gasteiger partial charge in [0, 0.05) is 51.4 Å². The molecule has 16 bridgehead atoms.